The van der Waals surface area contributed by atoms with Gasteiger partial charge in [0.15, 0.2) is 0 Å². The van der Waals surface area contributed by atoms with Gasteiger partial charge in [-0.15, -0.1) is 0 Å². The topological polar surface area (TPSA) is 69.6 Å². The van der Waals surface area contributed by atoms with Gasteiger partial charge in [-0.3, -0.25) is 0 Å². The lowest BCUT2D eigenvalue weighted by molar-refractivity contribution is 0.0696. The molecule has 2 aromatic rings. The first-order chi connectivity index (χ1) is 9.50. The number of benzene rings is 2. The van der Waals surface area contributed by atoms with Crippen LogP contribution in [0.3, 0.4) is 0 Å². The Hall–Kier alpha value is -2.01. The monoisotopic (exact) mass is 335 g/mol. The Morgan fingerprint density at radius 1 is 1.25 bits per heavy atom. The van der Waals surface area contributed by atoms with Gasteiger partial charge in [-0.05, 0) is 46.6 Å². The van der Waals surface area contributed by atoms with Crippen LogP contribution in [-0.4, -0.2) is 16.2 Å². The highest BCUT2D eigenvalue weighted by atomic mass is 79.9. The Morgan fingerprint density at radius 2 is 1.95 bits per heavy atom. The Kier molecular flexibility index (Phi) is 4.29. The van der Waals surface area contributed by atoms with Crippen LogP contribution in [0.2, 0.25) is 0 Å². The van der Waals surface area contributed by atoms with E-state index in [4.69, 9.17) is 5.11 Å². The fourth-order valence-electron chi connectivity index (χ4n) is 1.95. The van der Waals surface area contributed by atoms with E-state index in [0.29, 0.717) is 16.6 Å². The Bertz CT molecular complexity index is 656. The number of aromatic hydroxyl groups is 1. The molecule has 0 saturated carbocycles. The number of hydrogen-bond acceptors (Lipinski definition) is 3. The lowest BCUT2D eigenvalue weighted by Gasteiger charge is -2.12. The predicted octanol–water partition coefficient (Wildman–Crippen LogP) is 3.77. The van der Waals surface area contributed by atoms with E-state index in [1.54, 1.807) is 25.1 Å². The highest BCUT2D eigenvalue weighted by molar-refractivity contribution is 9.10. The van der Waals surface area contributed by atoms with E-state index in [1.165, 1.54) is 0 Å². The van der Waals surface area contributed by atoms with Gasteiger partial charge in [-0.2, -0.15) is 0 Å². The maximum atomic E-state index is 11.1. The summed E-state index contributed by atoms with van der Waals surface area (Å²) < 4.78 is 0.632. The predicted molar refractivity (Wildman–Crippen MR) is 81.3 cm³/mol. The molecule has 0 heterocycles. The molecule has 3 N–H and O–H groups in total. The number of anilines is 1. The number of carboxylic acids is 1. The van der Waals surface area contributed by atoms with Gasteiger partial charge in [0.25, 0.3) is 0 Å². The molecular formula is C15H14BrNO3. The number of rotatable bonds is 4. The lowest BCUT2D eigenvalue weighted by atomic mass is 10.1. The number of halogens is 1. The minimum absolute atomic E-state index is 0.187. The van der Waals surface area contributed by atoms with Crippen molar-refractivity contribution in [1.82, 2.24) is 0 Å². The highest BCUT2D eigenvalue weighted by Crippen LogP contribution is 2.28. The molecule has 0 aliphatic carbocycles. The fourth-order valence-corrected chi connectivity index (χ4v) is 2.36. The molecule has 0 spiro atoms. The van der Waals surface area contributed by atoms with Crippen molar-refractivity contribution in [3.8, 4) is 5.75 Å². The van der Waals surface area contributed by atoms with E-state index in [1.807, 2.05) is 18.2 Å². The quantitative estimate of drug-likeness (QED) is 0.795. The summed E-state index contributed by atoms with van der Waals surface area (Å²) in [6.45, 7) is 2.17. The van der Waals surface area contributed by atoms with Gasteiger partial charge < -0.3 is 15.5 Å². The van der Waals surface area contributed by atoms with Crippen LogP contribution in [0.4, 0.5) is 5.69 Å². The number of carbonyl (C=O) groups is 1. The molecule has 20 heavy (non-hydrogen) atoms. The van der Waals surface area contributed by atoms with Crippen LogP contribution in [-0.2, 0) is 6.54 Å². The van der Waals surface area contributed by atoms with Crippen molar-refractivity contribution in [1.29, 1.82) is 0 Å². The second-order valence-electron chi connectivity index (χ2n) is 4.38. The maximum absolute atomic E-state index is 11.1. The first kappa shape index (κ1) is 14.4. The smallest absolute Gasteiger partial charge is 0.336 e. The van der Waals surface area contributed by atoms with Crippen molar-refractivity contribution in [3.05, 3.63) is 57.6 Å². The van der Waals surface area contributed by atoms with Crippen molar-refractivity contribution in [2.45, 2.75) is 13.5 Å². The van der Waals surface area contributed by atoms with Crippen LogP contribution < -0.4 is 5.32 Å². The summed E-state index contributed by atoms with van der Waals surface area (Å²) in [4.78, 5) is 11.1. The third kappa shape index (κ3) is 2.93. The molecule has 0 fully saturated rings. The summed E-state index contributed by atoms with van der Waals surface area (Å²) in [7, 11) is 0. The van der Waals surface area contributed by atoms with E-state index in [9.17, 15) is 9.90 Å². The molecule has 0 aromatic heterocycles. The molecule has 0 aliphatic rings. The van der Waals surface area contributed by atoms with Gasteiger partial charge in [0.05, 0.1) is 10.0 Å². The Balaban J connectivity index is 2.21. The largest absolute Gasteiger partial charge is 0.506 e. The molecule has 0 saturated heterocycles. The zero-order valence-corrected chi connectivity index (χ0v) is 12.4. The van der Waals surface area contributed by atoms with Gasteiger partial charge in [-0.25, -0.2) is 4.79 Å². The molecule has 0 radical (unpaired) electrons. The summed E-state index contributed by atoms with van der Waals surface area (Å²) in [5, 5.41) is 22.1. The minimum atomic E-state index is -0.948. The maximum Gasteiger partial charge on any atom is 0.336 e. The third-order valence-electron chi connectivity index (χ3n) is 3.10. The lowest BCUT2D eigenvalue weighted by Crippen LogP contribution is -2.06. The normalized spacial score (nSPS) is 10.3. The average Bonchev–Trinajstić information content (AvgIpc) is 2.41. The molecule has 0 bridgehead atoms. The van der Waals surface area contributed by atoms with Crippen LogP contribution in [0.1, 0.15) is 21.5 Å². The molecule has 0 amide bonds. The summed E-state index contributed by atoms with van der Waals surface area (Å²) in [6.07, 6.45) is 0. The molecule has 104 valence electrons. The first-order valence-corrected chi connectivity index (χ1v) is 6.83. The van der Waals surface area contributed by atoms with Gasteiger partial charge in [-0.1, -0.05) is 18.2 Å². The van der Waals surface area contributed by atoms with Crippen molar-refractivity contribution in [2.24, 2.45) is 0 Å². The summed E-state index contributed by atoms with van der Waals surface area (Å²) in [6, 6.07) is 10.5. The second-order valence-corrected chi connectivity index (χ2v) is 5.24. The molecule has 4 nitrogen and oxygen atoms in total. The molecule has 2 rings (SSSR count). The molecular weight excluding hydrogens is 322 g/mol. The van der Waals surface area contributed by atoms with Crippen LogP contribution in [0.5, 0.6) is 5.75 Å². The van der Waals surface area contributed by atoms with E-state index in [-0.39, 0.29) is 11.3 Å². The van der Waals surface area contributed by atoms with Crippen molar-refractivity contribution >= 4 is 27.6 Å². The van der Waals surface area contributed by atoms with Crippen molar-refractivity contribution in [2.75, 3.05) is 5.32 Å². The minimum Gasteiger partial charge on any atom is -0.506 e. The van der Waals surface area contributed by atoms with Crippen LogP contribution in [0.25, 0.3) is 0 Å². The molecule has 5 heteroatoms. The number of nitrogens with one attached hydrogen (secondary N) is 1. The van der Waals surface area contributed by atoms with Gasteiger partial charge >= 0.3 is 5.97 Å². The summed E-state index contributed by atoms with van der Waals surface area (Å²) in [5.74, 6) is -0.761. The summed E-state index contributed by atoms with van der Waals surface area (Å²) in [5.41, 5.74) is 2.42. The number of phenolic OH excluding ortho intramolecular Hbond substituents is 1. The zero-order valence-electron chi connectivity index (χ0n) is 10.9. The van der Waals surface area contributed by atoms with Crippen LogP contribution in [0, 0.1) is 6.92 Å². The fraction of sp³-hybridized carbons (Fsp3) is 0.133. The standard InChI is InChI=1S/C15H14BrNO3/c1-9-11(15(19)20)5-3-7-13(9)17-8-10-4-2-6-12(16)14(10)18/h2-7,17-18H,8H2,1H3,(H,19,20). The first-order valence-electron chi connectivity index (χ1n) is 6.04. The van der Waals surface area contributed by atoms with Gasteiger partial charge in [0.2, 0.25) is 0 Å². The van der Waals surface area contributed by atoms with Gasteiger partial charge in [0, 0.05) is 17.8 Å². The summed E-state index contributed by atoms with van der Waals surface area (Å²) >= 11 is 3.26. The molecule has 0 atom stereocenters. The van der Waals surface area contributed by atoms with E-state index in [0.717, 1.165) is 11.3 Å². The third-order valence-corrected chi connectivity index (χ3v) is 3.74. The van der Waals surface area contributed by atoms with E-state index < -0.39 is 5.97 Å². The highest BCUT2D eigenvalue weighted by Gasteiger charge is 2.10. The molecule has 0 aliphatic heterocycles. The van der Waals surface area contributed by atoms with Crippen molar-refractivity contribution < 1.29 is 15.0 Å². The van der Waals surface area contributed by atoms with Crippen LogP contribution in [0.15, 0.2) is 40.9 Å². The number of hydrogen-bond donors (Lipinski definition) is 3. The SMILES string of the molecule is Cc1c(NCc2cccc(Br)c2O)cccc1C(=O)O. The Labute approximate surface area is 125 Å². The number of aromatic carboxylic acids is 1. The Morgan fingerprint density at radius 3 is 2.65 bits per heavy atom. The number of para-hydroxylation sites is 1. The van der Waals surface area contributed by atoms with Crippen molar-refractivity contribution in [3.63, 3.8) is 0 Å². The molecule has 0 unspecified atom stereocenters. The number of carboxylic acid groups (broad SMARTS) is 1. The van der Waals surface area contributed by atoms with E-state index in [2.05, 4.69) is 21.2 Å². The average molecular weight is 336 g/mol. The second kappa shape index (κ2) is 5.96. The van der Waals surface area contributed by atoms with Gasteiger partial charge in [0.1, 0.15) is 5.75 Å². The zero-order chi connectivity index (χ0) is 14.7. The van der Waals surface area contributed by atoms with E-state index >= 15 is 0 Å². The van der Waals surface area contributed by atoms with Crippen LogP contribution >= 0.6 is 15.9 Å². The molecule has 2 aromatic carbocycles. The number of phenols is 1.